The number of nitrogens with zero attached hydrogens (tertiary/aromatic N) is 1. The number of alkyl halides is 3. The highest BCUT2D eigenvalue weighted by atomic mass is 19.4. The van der Waals surface area contributed by atoms with E-state index >= 15 is 0 Å². The average molecular weight is 295 g/mol. The van der Waals surface area contributed by atoms with Crippen LogP contribution in [-0.2, 0) is 9.59 Å². The maximum Gasteiger partial charge on any atom is 0.405 e. The van der Waals surface area contributed by atoms with Crippen molar-refractivity contribution in [2.75, 3.05) is 26.7 Å². The summed E-state index contributed by atoms with van der Waals surface area (Å²) in [6.45, 7) is 0.838. The summed E-state index contributed by atoms with van der Waals surface area (Å²) in [7, 11) is 1.42. The second kappa shape index (κ2) is 6.43. The van der Waals surface area contributed by atoms with Gasteiger partial charge in [-0.1, -0.05) is 6.92 Å². The van der Waals surface area contributed by atoms with Crippen LogP contribution in [0.15, 0.2) is 0 Å². The fourth-order valence-corrected chi connectivity index (χ4v) is 2.35. The number of nitrogens with one attached hydrogen (secondary N) is 2. The van der Waals surface area contributed by atoms with Crippen LogP contribution in [0, 0.1) is 0 Å². The summed E-state index contributed by atoms with van der Waals surface area (Å²) < 4.78 is 35.9. The van der Waals surface area contributed by atoms with E-state index in [9.17, 15) is 22.8 Å². The van der Waals surface area contributed by atoms with Crippen LogP contribution in [0.2, 0.25) is 0 Å². The Kier molecular flexibility index (Phi) is 5.38. The van der Waals surface area contributed by atoms with E-state index in [0.29, 0.717) is 12.8 Å². The van der Waals surface area contributed by atoms with Crippen molar-refractivity contribution in [3.05, 3.63) is 0 Å². The van der Waals surface area contributed by atoms with Gasteiger partial charge in [0.2, 0.25) is 11.8 Å². The topological polar surface area (TPSA) is 61.4 Å². The number of carbonyl (C=O) groups is 2. The first-order chi connectivity index (χ1) is 9.20. The number of likely N-dealkylation sites (N-methyl/N-ethyl adjacent to an activating group) is 1. The molecule has 0 aromatic heterocycles. The lowest BCUT2D eigenvalue weighted by Gasteiger charge is -2.31. The van der Waals surface area contributed by atoms with Gasteiger partial charge in [-0.15, -0.1) is 0 Å². The third kappa shape index (κ3) is 4.36. The predicted molar refractivity (Wildman–Crippen MR) is 67.0 cm³/mol. The van der Waals surface area contributed by atoms with Crippen molar-refractivity contribution in [2.24, 2.45) is 0 Å². The molecule has 1 unspecified atom stereocenters. The first-order valence-electron chi connectivity index (χ1n) is 6.54. The van der Waals surface area contributed by atoms with E-state index in [2.05, 4.69) is 5.32 Å². The third-order valence-corrected chi connectivity index (χ3v) is 3.47. The lowest BCUT2D eigenvalue weighted by molar-refractivity contribution is -0.144. The van der Waals surface area contributed by atoms with Crippen molar-refractivity contribution in [1.29, 1.82) is 0 Å². The maximum atomic E-state index is 12.3. The Morgan fingerprint density at radius 2 is 2.05 bits per heavy atom. The fraction of sp³-hybridized carbons (Fsp3) is 0.833. The minimum Gasteiger partial charge on any atom is -0.345 e. The van der Waals surface area contributed by atoms with Gasteiger partial charge in [0.25, 0.3) is 0 Å². The molecule has 1 atom stereocenters. The summed E-state index contributed by atoms with van der Waals surface area (Å²) in [5, 5.41) is 4.88. The second-order valence-corrected chi connectivity index (χ2v) is 5.02. The molecule has 0 radical (unpaired) electrons. The molecule has 0 aliphatic carbocycles. The number of hydrogen-bond acceptors (Lipinski definition) is 3. The molecule has 1 saturated heterocycles. The van der Waals surface area contributed by atoms with Crippen LogP contribution in [0.4, 0.5) is 13.2 Å². The van der Waals surface area contributed by atoms with Gasteiger partial charge in [-0.25, -0.2) is 0 Å². The number of amides is 2. The second-order valence-electron chi connectivity index (χ2n) is 5.02. The zero-order valence-electron chi connectivity index (χ0n) is 11.6. The van der Waals surface area contributed by atoms with Crippen molar-refractivity contribution in [3.8, 4) is 0 Å². The molecule has 1 aliphatic heterocycles. The van der Waals surface area contributed by atoms with Gasteiger partial charge in [-0.05, 0) is 25.8 Å². The van der Waals surface area contributed by atoms with Gasteiger partial charge < -0.3 is 15.5 Å². The van der Waals surface area contributed by atoms with E-state index in [1.54, 1.807) is 5.32 Å². The Labute approximate surface area is 115 Å². The summed E-state index contributed by atoms with van der Waals surface area (Å²) in [6.07, 6.45) is -2.32. The van der Waals surface area contributed by atoms with E-state index in [4.69, 9.17) is 0 Å². The minimum absolute atomic E-state index is 0.250. The van der Waals surface area contributed by atoms with Crippen LogP contribution < -0.4 is 10.6 Å². The lowest BCUT2D eigenvalue weighted by Crippen LogP contribution is -2.55. The molecule has 0 saturated carbocycles. The van der Waals surface area contributed by atoms with E-state index in [0.717, 1.165) is 13.0 Å². The molecular weight excluding hydrogens is 275 g/mol. The SMILES string of the molecule is CCC1(C(=O)N(C)CC(=O)NCC(F)(F)F)CCCN1. The normalized spacial score (nSPS) is 22.6. The van der Waals surface area contributed by atoms with Gasteiger partial charge in [0.05, 0.1) is 12.1 Å². The zero-order chi connectivity index (χ0) is 15.4. The Bertz CT molecular complexity index is 365. The van der Waals surface area contributed by atoms with Crippen molar-refractivity contribution in [3.63, 3.8) is 0 Å². The quantitative estimate of drug-likeness (QED) is 0.783. The molecule has 0 bridgehead atoms. The highest BCUT2D eigenvalue weighted by molar-refractivity contribution is 5.90. The minimum atomic E-state index is -4.45. The van der Waals surface area contributed by atoms with Gasteiger partial charge in [0.15, 0.2) is 0 Å². The van der Waals surface area contributed by atoms with Crippen LogP contribution in [0.25, 0.3) is 0 Å². The van der Waals surface area contributed by atoms with Crippen molar-refractivity contribution in [2.45, 2.75) is 37.9 Å². The first kappa shape index (κ1) is 16.7. The van der Waals surface area contributed by atoms with E-state index < -0.39 is 24.2 Å². The number of hydrogen-bond donors (Lipinski definition) is 2. The molecule has 1 aliphatic rings. The van der Waals surface area contributed by atoms with E-state index in [-0.39, 0.29) is 12.5 Å². The highest BCUT2D eigenvalue weighted by Crippen LogP contribution is 2.24. The largest absolute Gasteiger partial charge is 0.405 e. The Morgan fingerprint density at radius 1 is 1.40 bits per heavy atom. The van der Waals surface area contributed by atoms with Gasteiger partial charge in [-0.2, -0.15) is 13.2 Å². The summed E-state index contributed by atoms with van der Waals surface area (Å²) in [5.74, 6) is -1.07. The monoisotopic (exact) mass is 295 g/mol. The molecule has 2 amide bonds. The molecule has 2 N–H and O–H groups in total. The van der Waals surface area contributed by atoms with Crippen LogP contribution >= 0.6 is 0 Å². The number of rotatable bonds is 5. The molecule has 8 heteroatoms. The molecule has 1 fully saturated rings. The van der Waals surface area contributed by atoms with Gasteiger partial charge in [0, 0.05) is 7.05 Å². The molecular formula is C12H20F3N3O2. The summed E-state index contributed by atoms with van der Waals surface area (Å²) >= 11 is 0. The predicted octanol–water partition coefficient (Wildman–Crippen LogP) is 0.655. The third-order valence-electron chi connectivity index (χ3n) is 3.47. The van der Waals surface area contributed by atoms with Gasteiger partial charge >= 0.3 is 6.18 Å². The Balaban J connectivity index is 2.51. The molecule has 20 heavy (non-hydrogen) atoms. The van der Waals surface area contributed by atoms with Crippen LogP contribution in [0.5, 0.6) is 0 Å². The van der Waals surface area contributed by atoms with Gasteiger partial charge in [0.1, 0.15) is 6.54 Å². The molecule has 5 nitrogen and oxygen atoms in total. The fourth-order valence-electron chi connectivity index (χ4n) is 2.35. The smallest absolute Gasteiger partial charge is 0.345 e. The van der Waals surface area contributed by atoms with Crippen LogP contribution in [-0.4, -0.2) is 55.1 Å². The van der Waals surface area contributed by atoms with Crippen LogP contribution in [0.1, 0.15) is 26.2 Å². The van der Waals surface area contributed by atoms with Gasteiger partial charge in [-0.3, -0.25) is 9.59 Å². The molecule has 0 spiro atoms. The molecule has 1 heterocycles. The standard InChI is InChI=1S/C12H20F3N3O2/c1-3-11(5-4-6-17-11)10(20)18(2)7-9(19)16-8-12(13,14)15/h17H,3-8H2,1-2H3,(H,16,19). The molecule has 1 rings (SSSR count). The maximum absolute atomic E-state index is 12.3. The first-order valence-corrected chi connectivity index (χ1v) is 6.54. The van der Waals surface area contributed by atoms with Crippen molar-refractivity contribution >= 4 is 11.8 Å². The average Bonchev–Trinajstić information content (AvgIpc) is 2.84. The molecule has 0 aromatic carbocycles. The van der Waals surface area contributed by atoms with Crippen LogP contribution in [0.3, 0.4) is 0 Å². The van der Waals surface area contributed by atoms with Crippen molar-refractivity contribution < 1.29 is 22.8 Å². The molecule has 116 valence electrons. The molecule has 0 aromatic rings. The number of halogens is 3. The highest BCUT2D eigenvalue weighted by Gasteiger charge is 2.41. The Hall–Kier alpha value is -1.31. The van der Waals surface area contributed by atoms with E-state index in [1.807, 2.05) is 6.92 Å². The summed E-state index contributed by atoms with van der Waals surface area (Å²) in [4.78, 5) is 24.9. The Morgan fingerprint density at radius 3 is 2.50 bits per heavy atom. The summed E-state index contributed by atoms with van der Waals surface area (Å²) in [6, 6.07) is 0. The van der Waals surface area contributed by atoms with E-state index in [1.165, 1.54) is 11.9 Å². The van der Waals surface area contributed by atoms with Crippen molar-refractivity contribution in [1.82, 2.24) is 15.5 Å². The zero-order valence-corrected chi connectivity index (χ0v) is 11.6. The number of carbonyl (C=O) groups excluding carboxylic acids is 2. The lowest BCUT2D eigenvalue weighted by atomic mass is 9.92. The summed E-state index contributed by atoms with van der Waals surface area (Å²) in [5.41, 5.74) is -0.681.